The fraction of sp³-hybridized carbons (Fsp3) is 0.200. The summed E-state index contributed by atoms with van der Waals surface area (Å²) in [7, 11) is 1.54. The third-order valence-electron chi connectivity index (χ3n) is 1.57. The van der Waals surface area contributed by atoms with Gasteiger partial charge in [-0.2, -0.15) is 0 Å². The van der Waals surface area contributed by atoms with Crippen LogP contribution < -0.4 is 16.5 Å². The summed E-state index contributed by atoms with van der Waals surface area (Å²) in [6.45, 7) is 0. The van der Waals surface area contributed by atoms with Gasteiger partial charge >= 0.3 is 0 Å². The molecule has 0 bridgehead atoms. The van der Waals surface area contributed by atoms with Gasteiger partial charge in [0.1, 0.15) is 0 Å². The van der Waals surface area contributed by atoms with E-state index < -0.39 is 0 Å². The normalized spacial score (nSPS) is 11.1. The van der Waals surface area contributed by atoms with Gasteiger partial charge in [0.15, 0.2) is 0 Å². The molecule has 84 valence electrons. The monoisotopic (exact) mass is 225 g/mol. The lowest BCUT2D eigenvalue weighted by molar-refractivity contribution is 0.309. The quantitative estimate of drug-likeness (QED) is 0.530. The molecule has 16 heavy (non-hydrogen) atoms. The minimum atomic E-state index is 0.0309. The Morgan fingerprint density at radius 1 is 1.06 bits per heavy atom. The predicted octanol–water partition coefficient (Wildman–Crippen LogP) is -0.248. The molecule has 0 saturated carbocycles. The second kappa shape index (κ2) is 3.80. The van der Waals surface area contributed by atoms with Crippen LogP contribution in [-0.4, -0.2) is 27.7 Å². The maximum atomic E-state index is 5.44. The summed E-state index contributed by atoms with van der Waals surface area (Å²) < 4.78 is 8.71. The zero-order chi connectivity index (χ0) is 11.5. The first-order valence-corrected chi connectivity index (χ1v) is 4.00. The Hall–Kier alpha value is -2.72. The molecule has 0 aliphatic carbocycles. The van der Waals surface area contributed by atoms with Crippen molar-refractivity contribution in [2.45, 2.75) is 0 Å². The lowest BCUT2D eigenvalue weighted by Gasteiger charge is -2.04. The third-order valence-corrected chi connectivity index (χ3v) is 1.57. The van der Waals surface area contributed by atoms with E-state index in [1.807, 2.05) is 0 Å². The van der Waals surface area contributed by atoms with Gasteiger partial charge in [0.25, 0.3) is 5.82 Å². The highest BCUT2D eigenvalue weighted by molar-refractivity contribution is 5.55. The van der Waals surface area contributed by atoms with Gasteiger partial charge in [-0.25, -0.2) is 14.3 Å². The van der Waals surface area contributed by atoms with E-state index in [2.05, 4.69) is 40.2 Å². The summed E-state index contributed by atoms with van der Waals surface area (Å²) in [5.41, 5.74) is 10.8. The molecule has 0 aromatic carbocycles. The van der Waals surface area contributed by atoms with Crippen LogP contribution in [-0.2, 0) is 0 Å². The van der Waals surface area contributed by atoms with Gasteiger partial charge in [-0.3, -0.25) is 0 Å². The number of nitrogens with zero attached hydrogens (tertiary/aromatic N) is 7. The molecule has 0 spiro atoms. The maximum absolute atomic E-state index is 5.44. The van der Waals surface area contributed by atoms with Crippen molar-refractivity contribution in [3.05, 3.63) is 0 Å². The van der Waals surface area contributed by atoms with Crippen molar-refractivity contribution < 1.29 is 9.26 Å². The Morgan fingerprint density at radius 3 is 2.31 bits per heavy atom. The predicted molar refractivity (Wildman–Crippen MR) is 50.3 cm³/mol. The van der Waals surface area contributed by atoms with Crippen LogP contribution >= 0.6 is 0 Å². The van der Waals surface area contributed by atoms with E-state index in [1.54, 1.807) is 7.05 Å². The van der Waals surface area contributed by atoms with E-state index in [0.29, 0.717) is 0 Å². The molecule has 0 aliphatic rings. The third kappa shape index (κ3) is 1.73. The van der Waals surface area contributed by atoms with Crippen LogP contribution in [0.1, 0.15) is 0 Å². The Balaban J connectivity index is 2.14. The number of nitrogen functional groups attached to an aromatic ring is 2. The number of aromatic nitrogens is 4. The molecule has 2 heterocycles. The van der Waals surface area contributed by atoms with Gasteiger partial charge in [-0.1, -0.05) is 5.22 Å². The lowest BCUT2D eigenvalue weighted by atomic mass is 10.6. The van der Waals surface area contributed by atoms with E-state index in [-0.39, 0.29) is 23.3 Å². The van der Waals surface area contributed by atoms with Crippen LogP contribution in [0.15, 0.2) is 19.6 Å². The van der Waals surface area contributed by atoms with Gasteiger partial charge in [-0.15, -0.1) is 5.11 Å². The Bertz CT molecular complexity index is 501. The fourth-order valence-electron chi connectivity index (χ4n) is 0.827. The van der Waals surface area contributed by atoms with Crippen LogP contribution in [0.4, 0.5) is 23.3 Å². The van der Waals surface area contributed by atoms with Crippen LogP contribution in [0.25, 0.3) is 0 Å². The number of rotatable bonds is 3. The maximum Gasteiger partial charge on any atom is 0.263 e. The standard InChI is InChI=1S/C5H7N9O2/c1-14(5-3(7)10-16-12-5)13-8-4-2(6)9-15-11-4/h1H3,(H2,6,9)(H2,7,10). The highest BCUT2D eigenvalue weighted by Gasteiger charge is 2.11. The Labute approximate surface area is 88.0 Å². The molecule has 0 unspecified atom stereocenters. The molecule has 0 amide bonds. The average molecular weight is 225 g/mol. The molecule has 11 nitrogen and oxygen atoms in total. The van der Waals surface area contributed by atoms with Crippen molar-refractivity contribution in [3.8, 4) is 0 Å². The molecule has 2 aromatic rings. The zero-order valence-electron chi connectivity index (χ0n) is 8.10. The summed E-state index contributed by atoms with van der Waals surface area (Å²) in [6.07, 6.45) is 0. The molecular weight excluding hydrogens is 218 g/mol. The molecule has 0 saturated heterocycles. The molecule has 4 N–H and O–H groups in total. The Morgan fingerprint density at radius 2 is 1.75 bits per heavy atom. The van der Waals surface area contributed by atoms with E-state index in [0.717, 1.165) is 0 Å². The van der Waals surface area contributed by atoms with Crippen LogP contribution in [0.2, 0.25) is 0 Å². The first-order valence-electron chi connectivity index (χ1n) is 4.00. The fourth-order valence-corrected chi connectivity index (χ4v) is 0.827. The summed E-state index contributed by atoms with van der Waals surface area (Å²) in [4.78, 5) is 0. The van der Waals surface area contributed by atoms with Gasteiger partial charge in [-0.05, 0) is 20.6 Å². The highest BCUT2D eigenvalue weighted by Crippen LogP contribution is 2.19. The van der Waals surface area contributed by atoms with Gasteiger partial charge in [0, 0.05) is 7.05 Å². The SMILES string of the molecule is CN(N=Nc1nonc1N)c1nonc1N. The molecule has 2 aromatic heterocycles. The van der Waals surface area contributed by atoms with E-state index in [4.69, 9.17) is 11.5 Å². The highest BCUT2D eigenvalue weighted by atomic mass is 16.6. The zero-order valence-corrected chi connectivity index (χ0v) is 8.10. The summed E-state index contributed by atoms with van der Waals surface area (Å²) in [6, 6.07) is 0. The molecule has 0 fully saturated rings. The largest absolute Gasteiger partial charge is 0.378 e. The van der Waals surface area contributed by atoms with E-state index in [1.165, 1.54) is 5.01 Å². The second-order valence-corrected chi connectivity index (χ2v) is 2.66. The van der Waals surface area contributed by atoms with Crippen molar-refractivity contribution in [1.29, 1.82) is 0 Å². The number of hydrogen-bond donors (Lipinski definition) is 2. The van der Waals surface area contributed by atoms with Crippen LogP contribution in [0, 0.1) is 0 Å². The summed E-state index contributed by atoms with van der Waals surface area (Å²) in [5.74, 6) is 0.400. The minimum absolute atomic E-state index is 0.0309. The number of anilines is 3. The smallest absolute Gasteiger partial charge is 0.263 e. The van der Waals surface area contributed by atoms with Crippen molar-refractivity contribution in [3.63, 3.8) is 0 Å². The minimum Gasteiger partial charge on any atom is -0.378 e. The molecule has 2 rings (SSSR count). The first kappa shape index (κ1) is 9.82. The second-order valence-electron chi connectivity index (χ2n) is 2.66. The van der Waals surface area contributed by atoms with Gasteiger partial charge in [0.05, 0.1) is 0 Å². The van der Waals surface area contributed by atoms with Crippen LogP contribution in [0.5, 0.6) is 0 Å². The molecule has 0 aliphatic heterocycles. The van der Waals surface area contributed by atoms with E-state index in [9.17, 15) is 0 Å². The number of hydrogen-bond acceptors (Lipinski definition) is 10. The average Bonchev–Trinajstić information content (AvgIpc) is 2.84. The van der Waals surface area contributed by atoms with Crippen molar-refractivity contribution in [1.82, 2.24) is 20.6 Å². The molecular formula is C5H7N9O2. The van der Waals surface area contributed by atoms with E-state index >= 15 is 0 Å². The van der Waals surface area contributed by atoms with Crippen LogP contribution in [0.3, 0.4) is 0 Å². The van der Waals surface area contributed by atoms with Crippen molar-refractivity contribution >= 4 is 23.3 Å². The van der Waals surface area contributed by atoms with Gasteiger partial charge < -0.3 is 11.5 Å². The van der Waals surface area contributed by atoms with Crippen molar-refractivity contribution in [2.75, 3.05) is 23.5 Å². The lowest BCUT2D eigenvalue weighted by Crippen LogP contribution is -2.09. The first-order chi connectivity index (χ1) is 7.68. The molecule has 11 heteroatoms. The Kier molecular flexibility index (Phi) is 2.33. The summed E-state index contributed by atoms with van der Waals surface area (Å²) >= 11 is 0. The molecule has 0 atom stereocenters. The summed E-state index contributed by atoms with van der Waals surface area (Å²) in [5, 5.41) is 22.2. The van der Waals surface area contributed by atoms with Gasteiger partial charge in [0.2, 0.25) is 17.5 Å². The number of nitrogens with two attached hydrogens (primary N) is 2. The molecule has 0 radical (unpaired) electrons. The topological polar surface area (TPSA) is 158 Å². The van der Waals surface area contributed by atoms with Crippen molar-refractivity contribution in [2.24, 2.45) is 10.3 Å².